The van der Waals surface area contributed by atoms with Crippen molar-refractivity contribution in [2.24, 2.45) is 17.3 Å². The van der Waals surface area contributed by atoms with Gasteiger partial charge in [-0.3, -0.25) is 4.79 Å². The lowest BCUT2D eigenvalue weighted by molar-refractivity contribution is -0.136. The molecule has 5 nitrogen and oxygen atoms in total. The van der Waals surface area contributed by atoms with Crippen molar-refractivity contribution in [2.75, 3.05) is 0 Å². The SMILES string of the molecule is Cn1/c(=N/N=C(\CCC(=O)O)c2cccs2)sc2ccccc21. The Labute approximate surface area is 140 Å². The molecule has 3 rings (SSSR count). The Hall–Kier alpha value is -2.25. The number of carboxylic acids is 1. The first-order valence-corrected chi connectivity index (χ1v) is 8.75. The maximum absolute atomic E-state index is 10.8. The van der Waals surface area contributed by atoms with Crippen LogP contribution in [0.15, 0.2) is 52.0 Å². The third-order valence-electron chi connectivity index (χ3n) is 3.35. The number of nitrogens with zero attached hydrogens (tertiary/aromatic N) is 3. The summed E-state index contributed by atoms with van der Waals surface area (Å²) in [6, 6.07) is 11.9. The maximum Gasteiger partial charge on any atom is 0.303 e. The van der Waals surface area contributed by atoms with E-state index < -0.39 is 5.97 Å². The zero-order valence-corrected chi connectivity index (χ0v) is 14.1. The minimum Gasteiger partial charge on any atom is -0.481 e. The summed E-state index contributed by atoms with van der Waals surface area (Å²) >= 11 is 3.10. The molecule has 1 N–H and O–H groups in total. The van der Waals surface area contributed by atoms with Crippen LogP contribution in [-0.2, 0) is 11.8 Å². The fourth-order valence-corrected chi connectivity index (χ4v) is 3.88. The number of para-hydroxylation sites is 1. The van der Waals surface area contributed by atoms with E-state index >= 15 is 0 Å². The third-order valence-corrected chi connectivity index (χ3v) is 5.37. The minimum absolute atomic E-state index is 0.0464. The average Bonchev–Trinajstić information content (AvgIpc) is 3.17. The highest BCUT2D eigenvalue weighted by molar-refractivity contribution is 7.16. The number of aliphatic carboxylic acids is 1. The first-order chi connectivity index (χ1) is 11.1. The van der Waals surface area contributed by atoms with Crippen molar-refractivity contribution < 1.29 is 9.90 Å². The largest absolute Gasteiger partial charge is 0.481 e. The molecule has 0 saturated carbocycles. The number of benzene rings is 1. The lowest BCUT2D eigenvalue weighted by Crippen LogP contribution is -2.10. The van der Waals surface area contributed by atoms with E-state index in [2.05, 4.69) is 10.2 Å². The van der Waals surface area contributed by atoms with Crippen LogP contribution < -0.4 is 4.80 Å². The summed E-state index contributed by atoms with van der Waals surface area (Å²) in [4.78, 5) is 12.6. The van der Waals surface area contributed by atoms with Gasteiger partial charge in [-0.1, -0.05) is 29.5 Å². The number of aryl methyl sites for hydroxylation is 1. The van der Waals surface area contributed by atoms with Crippen molar-refractivity contribution in [1.82, 2.24) is 4.57 Å². The summed E-state index contributed by atoms with van der Waals surface area (Å²) in [5, 5.41) is 19.6. The lowest BCUT2D eigenvalue weighted by Gasteiger charge is -1.99. The zero-order valence-electron chi connectivity index (χ0n) is 12.5. The van der Waals surface area contributed by atoms with Crippen molar-refractivity contribution in [3.05, 3.63) is 51.5 Å². The molecular weight excluding hydrogens is 330 g/mol. The van der Waals surface area contributed by atoms with Crippen LogP contribution in [0.25, 0.3) is 10.2 Å². The van der Waals surface area contributed by atoms with Gasteiger partial charge in [0, 0.05) is 13.5 Å². The molecule has 0 unspecified atom stereocenters. The number of rotatable bonds is 5. The van der Waals surface area contributed by atoms with Crippen molar-refractivity contribution >= 4 is 44.6 Å². The fourth-order valence-electron chi connectivity index (χ4n) is 2.17. The summed E-state index contributed by atoms with van der Waals surface area (Å²) in [5.41, 5.74) is 1.81. The topological polar surface area (TPSA) is 67.0 Å². The highest BCUT2D eigenvalue weighted by Gasteiger charge is 2.08. The number of hydrogen-bond acceptors (Lipinski definition) is 5. The normalized spacial score (nSPS) is 12.9. The standard InChI is InChI=1S/C16H15N3O2S2/c1-19-12-5-2-3-6-14(12)23-16(19)18-17-11(8-9-15(20)21)13-7-4-10-22-13/h2-7,10H,8-9H2,1H3,(H,20,21)/b17-11+,18-16-. The van der Waals surface area contributed by atoms with Gasteiger partial charge in [-0.15, -0.1) is 16.4 Å². The predicted octanol–water partition coefficient (Wildman–Crippen LogP) is 3.47. The molecule has 0 spiro atoms. The number of fused-ring (bicyclic) bond motifs is 1. The molecule has 0 fully saturated rings. The summed E-state index contributed by atoms with van der Waals surface area (Å²) in [5.74, 6) is -0.832. The molecule has 0 saturated heterocycles. The van der Waals surface area contributed by atoms with Gasteiger partial charge in [0.15, 0.2) is 0 Å². The Morgan fingerprint density at radius 1 is 1.22 bits per heavy atom. The van der Waals surface area contributed by atoms with E-state index in [0.29, 0.717) is 12.1 Å². The molecular formula is C16H15N3O2S2. The molecule has 23 heavy (non-hydrogen) atoms. The van der Waals surface area contributed by atoms with Crippen molar-refractivity contribution in [3.8, 4) is 0 Å². The number of aromatic nitrogens is 1. The molecule has 0 radical (unpaired) electrons. The van der Waals surface area contributed by atoms with Gasteiger partial charge in [-0.05, 0) is 23.6 Å². The van der Waals surface area contributed by atoms with E-state index in [-0.39, 0.29) is 6.42 Å². The molecule has 118 valence electrons. The molecule has 0 aliphatic carbocycles. The van der Waals surface area contributed by atoms with Gasteiger partial charge < -0.3 is 9.67 Å². The second kappa shape index (κ2) is 6.89. The van der Waals surface area contributed by atoms with Crippen LogP contribution in [0, 0.1) is 0 Å². The summed E-state index contributed by atoms with van der Waals surface area (Å²) in [7, 11) is 1.95. The summed E-state index contributed by atoms with van der Waals surface area (Å²) in [6.07, 6.45) is 0.415. The first-order valence-electron chi connectivity index (χ1n) is 7.06. The molecule has 0 aliphatic heterocycles. The van der Waals surface area contributed by atoms with Gasteiger partial charge in [0.1, 0.15) is 0 Å². The molecule has 0 atom stereocenters. The van der Waals surface area contributed by atoms with Gasteiger partial charge in [-0.2, -0.15) is 5.10 Å². The van der Waals surface area contributed by atoms with Crippen LogP contribution in [0.1, 0.15) is 17.7 Å². The smallest absolute Gasteiger partial charge is 0.303 e. The van der Waals surface area contributed by atoms with Gasteiger partial charge in [0.05, 0.1) is 27.2 Å². The van der Waals surface area contributed by atoms with Gasteiger partial charge in [0.2, 0.25) is 4.80 Å². The van der Waals surface area contributed by atoms with Gasteiger partial charge >= 0.3 is 5.97 Å². The maximum atomic E-state index is 10.8. The van der Waals surface area contributed by atoms with Crippen LogP contribution in [0.3, 0.4) is 0 Å². The van der Waals surface area contributed by atoms with Crippen molar-refractivity contribution in [1.29, 1.82) is 0 Å². The quantitative estimate of drug-likeness (QED) is 0.568. The van der Waals surface area contributed by atoms with Crippen molar-refractivity contribution in [3.63, 3.8) is 0 Å². The van der Waals surface area contributed by atoms with Crippen LogP contribution in [0.4, 0.5) is 0 Å². The molecule has 2 aromatic heterocycles. The van der Waals surface area contributed by atoms with Gasteiger partial charge in [0.25, 0.3) is 0 Å². The fraction of sp³-hybridized carbons (Fsp3) is 0.188. The molecule has 3 aromatic rings. The molecule has 7 heteroatoms. The Kier molecular flexibility index (Phi) is 4.68. The molecule has 1 aromatic carbocycles. The Balaban J connectivity index is 2.01. The molecule has 0 bridgehead atoms. The minimum atomic E-state index is -0.832. The van der Waals surface area contributed by atoms with E-state index in [1.165, 1.54) is 11.3 Å². The Morgan fingerprint density at radius 3 is 2.74 bits per heavy atom. The predicted molar refractivity (Wildman–Crippen MR) is 94.1 cm³/mol. The molecule has 2 heterocycles. The van der Waals surface area contributed by atoms with Crippen LogP contribution in [0.5, 0.6) is 0 Å². The van der Waals surface area contributed by atoms with E-state index in [1.807, 2.05) is 53.4 Å². The molecule has 0 aliphatic rings. The van der Waals surface area contributed by atoms with E-state index in [9.17, 15) is 4.79 Å². The lowest BCUT2D eigenvalue weighted by atomic mass is 10.2. The second-order valence-electron chi connectivity index (χ2n) is 4.93. The van der Waals surface area contributed by atoms with Gasteiger partial charge in [-0.25, -0.2) is 0 Å². The first kappa shape index (κ1) is 15.6. The number of carbonyl (C=O) groups is 1. The Bertz CT molecular complexity index is 920. The third kappa shape index (κ3) is 3.57. The van der Waals surface area contributed by atoms with E-state index in [0.717, 1.165) is 19.9 Å². The van der Waals surface area contributed by atoms with Crippen LogP contribution in [0.2, 0.25) is 0 Å². The van der Waals surface area contributed by atoms with Crippen molar-refractivity contribution in [2.45, 2.75) is 12.8 Å². The Morgan fingerprint density at radius 2 is 2.04 bits per heavy atom. The second-order valence-corrected chi connectivity index (χ2v) is 6.89. The van der Waals surface area contributed by atoms with Crippen LogP contribution >= 0.6 is 22.7 Å². The molecule has 0 amide bonds. The van der Waals surface area contributed by atoms with E-state index in [1.54, 1.807) is 11.3 Å². The zero-order chi connectivity index (χ0) is 16.2. The highest BCUT2D eigenvalue weighted by Crippen LogP contribution is 2.16. The summed E-state index contributed by atoms with van der Waals surface area (Å²) in [6.45, 7) is 0. The van der Waals surface area contributed by atoms with E-state index in [4.69, 9.17) is 5.11 Å². The number of hydrogen-bond donors (Lipinski definition) is 1. The monoisotopic (exact) mass is 345 g/mol. The number of carboxylic acid groups (broad SMARTS) is 1. The average molecular weight is 345 g/mol. The highest BCUT2D eigenvalue weighted by atomic mass is 32.1. The van der Waals surface area contributed by atoms with Crippen LogP contribution in [-0.4, -0.2) is 21.4 Å². The number of thiazole rings is 1. The summed E-state index contributed by atoms with van der Waals surface area (Å²) < 4.78 is 3.14. The number of thiophene rings is 1.